The quantitative estimate of drug-likeness (QED) is 0.0349. The molecule has 0 bridgehead atoms. The molecule has 0 aromatic heterocycles. The number of nitrogens with zero attached hydrogens (tertiary/aromatic N) is 2. The molecule has 3 unspecified atom stereocenters. The number of benzene rings is 3. The maximum Gasteiger partial charge on any atom is 0.281 e. The van der Waals surface area contributed by atoms with E-state index in [-0.39, 0.29) is 43.0 Å². The Kier molecular flexibility index (Phi) is 12.5. The number of guanidine groups is 1. The Balaban J connectivity index is 2.30. The van der Waals surface area contributed by atoms with Crippen LogP contribution in [0.5, 0.6) is 0 Å². The van der Waals surface area contributed by atoms with Crippen molar-refractivity contribution < 1.29 is 24.1 Å². The number of imide groups is 1. The third kappa shape index (κ3) is 8.91. The van der Waals surface area contributed by atoms with Crippen molar-refractivity contribution in [3.63, 3.8) is 0 Å². The van der Waals surface area contributed by atoms with Crippen LogP contribution in [0.3, 0.4) is 0 Å². The highest BCUT2D eigenvalue weighted by Crippen LogP contribution is 2.35. The molecular weight excluding hydrogens is 604 g/mol. The Bertz CT molecular complexity index is 1630. The Morgan fingerprint density at radius 3 is 2.02 bits per heavy atom. The summed E-state index contributed by atoms with van der Waals surface area (Å²) in [6.45, 7) is 3.50. The van der Waals surface area contributed by atoms with Gasteiger partial charge in [0.15, 0.2) is 17.5 Å². The Morgan fingerprint density at radius 1 is 0.872 bits per heavy atom. The van der Waals surface area contributed by atoms with Gasteiger partial charge in [-0.3, -0.25) is 34.7 Å². The van der Waals surface area contributed by atoms with Crippen LogP contribution in [0.4, 0.5) is 11.4 Å². The molecule has 0 fully saturated rings. The maximum absolute atomic E-state index is 14.2. The minimum absolute atomic E-state index is 0.0182. The zero-order valence-corrected chi connectivity index (χ0v) is 26.2. The second-order valence-electron chi connectivity index (χ2n) is 11.3. The van der Waals surface area contributed by atoms with Crippen LogP contribution in [0.25, 0.3) is 0 Å². The van der Waals surface area contributed by atoms with Crippen LogP contribution in [-0.4, -0.2) is 58.9 Å². The molecule has 0 aliphatic carbocycles. The van der Waals surface area contributed by atoms with Crippen LogP contribution >= 0.6 is 0 Å². The fourth-order valence-electron chi connectivity index (χ4n) is 4.91. The van der Waals surface area contributed by atoms with E-state index in [2.05, 4.69) is 5.32 Å². The van der Waals surface area contributed by atoms with Crippen molar-refractivity contribution >= 4 is 40.7 Å². The number of Topliss-reactive ketones (excluding diaryl/α,β-unsaturated/α-hetero) is 2. The van der Waals surface area contributed by atoms with Crippen molar-refractivity contribution in [1.82, 2.24) is 5.32 Å². The van der Waals surface area contributed by atoms with Gasteiger partial charge in [-0.1, -0.05) is 62.4 Å². The number of hydrogen-bond acceptors (Lipinski definition) is 10. The fourth-order valence-corrected chi connectivity index (χ4v) is 4.91. The van der Waals surface area contributed by atoms with Crippen LogP contribution in [0, 0.1) is 21.4 Å². The molecule has 248 valence electrons. The first-order chi connectivity index (χ1) is 22.3. The zero-order valence-electron chi connectivity index (χ0n) is 26.2. The number of carbonyl (C=O) groups is 4. The van der Waals surface area contributed by atoms with Gasteiger partial charge < -0.3 is 28.3 Å². The van der Waals surface area contributed by atoms with Crippen molar-refractivity contribution in [1.29, 1.82) is 5.41 Å². The summed E-state index contributed by atoms with van der Waals surface area (Å²) in [5.74, 6) is -4.44. The molecular formula is C33H40N8O6. The molecule has 14 nitrogen and oxygen atoms in total. The van der Waals surface area contributed by atoms with Crippen LogP contribution in [0.15, 0.2) is 72.8 Å². The van der Waals surface area contributed by atoms with Gasteiger partial charge in [0, 0.05) is 18.2 Å². The molecule has 0 radical (unpaired) electrons. The van der Waals surface area contributed by atoms with Gasteiger partial charge in [0.1, 0.15) is 5.56 Å². The largest absolute Gasteiger partial charge is 0.370 e. The second kappa shape index (κ2) is 16.3. The number of nitrogens with one attached hydrogen (secondary N) is 2. The zero-order chi connectivity index (χ0) is 34.8. The lowest BCUT2D eigenvalue weighted by atomic mass is 9.86. The lowest BCUT2D eigenvalue weighted by Gasteiger charge is -2.28. The lowest BCUT2D eigenvalue weighted by molar-refractivity contribution is -0.385. The fraction of sp³-hybridized carbons (Fsp3) is 0.303. The molecule has 3 aromatic rings. The van der Waals surface area contributed by atoms with Crippen LogP contribution in [0.2, 0.25) is 0 Å². The van der Waals surface area contributed by atoms with Crippen LogP contribution in [0.1, 0.15) is 63.3 Å². The molecule has 0 aliphatic rings. The third-order valence-corrected chi connectivity index (χ3v) is 7.52. The summed E-state index contributed by atoms with van der Waals surface area (Å²) >= 11 is 0. The average molecular weight is 645 g/mol. The molecule has 3 aromatic carbocycles. The summed E-state index contributed by atoms with van der Waals surface area (Å²) in [5.41, 5.74) is 22.5. The van der Waals surface area contributed by atoms with E-state index in [1.807, 2.05) is 0 Å². The third-order valence-electron chi connectivity index (χ3n) is 7.52. The van der Waals surface area contributed by atoms with Crippen LogP contribution in [-0.2, 0) is 11.2 Å². The standard InChI is InChI=1S/C33H40N8O6/c1-19(2)28(36)30(43)26-24(15-16-25(41(46)47)27(26)29(42)23(35)18-20-10-5-3-6-11-20)40(31(44)21-12-7-4-8-13-21)32(45)22(34)14-9-17-39-33(37)38/h3-8,10-13,15-16,19,22-23,28H,9,14,17-18,34-36H2,1-2H3,(H4,37,38,39). The summed E-state index contributed by atoms with van der Waals surface area (Å²) in [4.78, 5) is 68.5. The smallest absolute Gasteiger partial charge is 0.281 e. The highest BCUT2D eigenvalue weighted by atomic mass is 16.6. The summed E-state index contributed by atoms with van der Waals surface area (Å²) in [6, 6.07) is 14.5. The molecule has 0 saturated carbocycles. The van der Waals surface area contributed by atoms with E-state index in [1.165, 1.54) is 12.1 Å². The highest BCUT2D eigenvalue weighted by Gasteiger charge is 2.39. The first kappa shape index (κ1) is 36.2. The van der Waals surface area contributed by atoms with Gasteiger partial charge in [-0.05, 0) is 48.9 Å². The topological polar surface area (TPSA) is 255 Å². The summed E-state index contributed by atoms with van der Waals surface area (Å²) in [7, 11) is 0. The van der Waals surface area contributed by atoms with Gasteiger partial charge >= 0.3 is 0 Å². The summed E-state index contributed by atoms with van der Waals surface area (Å²) < 4.78 is 0. The number of carbonyl (C=O) groups excluding carboxylic acids is 4. The monoisotopic (exact) mass is 644 g/mol. The molecule has 3 atom stereocenters. The Hall–Kier alpha value is -5.31. The van der Waals surface area contributed by atoms with E-state index < -0.39 is 69.2 Å². The minimum atomic E-state index is -1.34. The normalized spacial score (nSPS) is 12.9. The molecule has 0 spiro atoms. The first-order valence-electron chi connectivity index (χ1n) is 15.0. The number of amides is 2. The van der Waals surface area contributed by atoms with Crippen molar-refractivity contribution in [3.05, 3.63) is 105 Å². The molecule has 0 saturated heterocycles. The average Bonchev–Trinajstić information content (AvgIpc) is 3.05. The maximum atomic E-state index is 14.2. The van der Waals surface area contributed by atoms with Gasteiger partial charge in [0.25, 0.3) is 17.5 Å². The van der Waals surface area contributed by atoms with Crippen molar-refractivity contribution in [2.75, 3.05) is 11.4 Å². The Morgan fingerprint density at radius 2 is 1.47 bits per heavy atom. The predicted octanol–water partition coefficient (Wildman–Crippen LogP) is 2.28. The van der Waals surface area contributed by atoms with Crippen LogP contribution < -0.4 is 33.2 Å². The van der Waals surface area contributed by atoms with Crippen molar-refractivity contribution in [3.8, 4) is 0 Å². The van der Waals surface area contributed by atoms with Gasteiger partial charge in [-0.25, -0.2) is 4.90 Å². The summed E-state index contributed by atoms with van der Waals surface area (Å²) in [5, 5.41) is 22.2. The number of ketones is 2. The van der Waals surface area contributed by atoms with E-state index in [0.717, 1.165) is 12.1 Å². The number of hydrogen-bond donors (Lipinski definition) is 6. The molecule has 0 aliphatic heterocycles. The molecule has 3 rings (SSSR count). The number of nitro groups is 1. The predicted molar refractivity (Wildman–Crippen MR) is 178 cm³/mol. The van der Waals surface area contributed by atoms with E-state index in [9.17, 15) is 29.3 Å². The number of anilines is 1. The van der Waals surface area contributed by atoms with E-state index in [0.29, 0.717) is 10.5 Å². The number of rotatable bonds is 15. The highest BCUT2D eigenvalue weighted by molar-refractivity contribution is 6.27. The van der Waals surface area contributed by atoms with E-state index in [4.69, 9.17) is 28.3 Å². The molecule has 0 heterocycles. The Labute approximate surface area is 272 Å². The molecule has 14 heteroatoms. The van der Waals surface area contributed by atoms with Crippen molar-refractivity contribution in [2.45, 2.75) is 51.2 Å². The van der Waals surface area contributed by atoms with Crippen molar-refractivity contribution in [2.24, 2.45) is 28.9 Å². The lowest BCUT2D eigenvalue weighted by Crippen LogP contribution is -2.49. The minimum Gasteiger partial charge on any atom is -0.370 e. The SMILES string of the molecule is CC(C)C(N)C(=O)c1c(N(C(=O)c2ccccc2)C(=O)C(N)CCCNC(=N)N)ccc([N+](=O)[O-])c1C(=O)C(N)Cc1ccccc1. The molecule has 2 amide bonds. The van der Waals surface area contributed by atoms with Gasteiger partial charge in [-0.2, -0.15) is 0 Å². The molecule has 47 heavy (non-hydrogen) atoms. The van der Waals surface area contributed by atoms with Gasteiger partial charge in [0.2, 0.25) is 0 Å². The summed E-state index contributed by atoms with van der Waals surface area (Å²) in [6.07, 6.45) is 0.297. The molecule has 10 N–H and O–H groups in total. The van der Waals surface area contributed by atoms with Gasteiger partial charge in [-0.15, -0.1) is 0 Å². The number of nitrogens with two attached hydrogens (primary N) is 4. The first-order valence-corrected chi connectivity index (χ1v) is 15.0. The number of nitro benzene ring substituents is 1. The van der Waals surface area contributed by atoms with Gasteiger partial charge in [0.05, 0.1) is 34.3 Å². The van der Waals surface area contributed by atoms with E-state index in [1.54, 1.807) is 62.4 Å². The second-order valence-corrected chi connectivity index (χ2v) is 11.3. The van der Waals surface area contributed by atoms with E-state index >= 15 is 0 Å².